The van der Waals surface area contributed by atoms with Crippen LogP contribution in [0.15, 0.2) is 52.6 Å². The van der Waals surface area contributed by atoms with E-state index in [4.69, 9.17) is 14.6 Å². The lowest BCUT2D eigenvalue weighted by atomic mass is 10.1. The van der Waals surface area contributed by atoms with E-state index in [2.05, 4.69) is 26.6 Å². The minimum absolute atomic E-state index is 0.0484. The van der Waals surface area contributed by atoms with Gasteiger partial charge >= 0.3 is 0 Å². The molecule has 0 atom stereocenters. The van der Waals surface area contributed by atoms with E-state index in [9.17, 15) is 9.59 Å². The molecule has 0 saturated carbocycles. The number of halogens is 1. The van der Waals surface area contributed by atoms with E-state index >= 15 is 0 Å². The van der Waals surface area contributed by atoms with E-state index in [1.54, 1.807) is 42.5 Å². The minimum Gasteiger partial charge on any atom is -0.454 e. The maximum atomic E-state index is 12.5. The van der Waals surface area contributed by atoms with Crippen LogP contribution in [0.2, 0.25) is 0 Å². The molecule has 0 spiro atoms. The monoisotopic (exact) mass is 432 g/mol. The van der Waals surface area contributed by atoms with Gasteiger partial charge in [0.05, 0.1) is 6.61 Å². The lowest BCUT2D eigenvalue weighted by Crippen LogP contribution is -2.36. The number of nitrogens with one attached hydrogen (secondary N) is 2. The van der Waals surface area contributed by atoms with Crippen molar-refractivity contribution < 1.29 is 24.2 Å². The first-order chi connectivity index (χ1) is 13.1. The molecule has 2 amide bonds. The van der Waals surface area contributed by atoms with Crippen LogP contribution in [0, 0.1) is 0 Å². The van der Waals surface area contributed by atoms with Gasteiger partial charge in [-0.1, -0.05) is 28.1 Å². The molecule has 2 aromatic rings. The van der Waals surface area contributed by atoms with Crippen LogP contribution in [-0.2, 0) is 4.79 Å². The zero-order valence-corrected chi connectivity index (χ0v) is 15.8. The second-order valence-corrected chi connectivity index (χ2v) is 6.53. The quantitative estimate of drug-likeness (QED) is 0.607. The van der Waals surface area contributed by atoms with Gasteiger partial charge in [-0.2, -0.15) is 0 Å². The van der Waals surface area contributed by atoms with Gasteiger partial charge in [-0.15, -0.1) is 0 Å². The highest BCUT2D eigenvalue weighted by Crippen LogP contribution is 2.33. The molecule has 3 N–H and O–H groups in total. The van der Waals surface area contributed by atoms with Gasteiger partial charge in [0.2, 0.25) is 6.79 Å². The van der Waals surface area contributed by atoms with Crippen molar-refractivity contribution in [3.63, 3.8) is 0 Å². The molecule has 0 radical (unpaired) electrons. The van der Waals surface area contributed by atoms with Crippen molar-refractivity contribution in [3.05, 3.63) is 63.8 Å². The van der Waals surface area contributed by atoms with Gasteiger partial charge in [-0.05, 0) is 42.0 Å². The van der Waals surface area contributed by atoms with Crippen LogP contribution in [0.3, 0.4) is 0 Å². The molecule has 140 valence electrons. The molecule has 0 saturated heterocycles. The van der Waals surface area contributed by atoms with Gasteiger partial charge < -0.3 is 25.2 Å². The number of hydrogen-bond donors (Lipinski definition) is 3. The molecular weight excluding hydrogens is 416 g/mol. The summed E-state index contributed by atoms with van der Waals surface area (Å²) >= 11 is 3.31. The average Bonchev–Trinajstić information content (AvgIpc) is 3.13. The van der Waals surface area contributed by atoms with Gasteiger partial charge in [-0.3, -0.25) is 9.59 Å². The molecule has 3 rings (SSSR count). The van der Waals surface area contributed by atoms with Gasteiger partial charge in [0.15, 0.2) is 11.5 Å². The third-order valence-corrected chi connectivity index (χ3v) is 4.18. The van der Waals surface area contributed by atoms with Crippen molar-refractivity contribution >= 4 is 33.8 Å². The SMILES string of the molecule is O=C(NCCO)C(=Cc1ccc2c(c1)OCO2)NC(=O)c1cccc(Br)c1. The summed E-state index contributed by atoms with van der Waals surface area (Å²) < 4.78 is 11.4. The van der Waals surface area contributed by atoms with Crippen LogP contribution in [0.1, 0.15) is 15.9 Å². The highest BCUT2D eigenvalue weighted by atomic mass is 79.9. The molecule has 27 heavy (non-hydrogen) atoms. The van der Waals surface area contributed by atoms with Gasteiger partial charge in [0.1, 0.15) is 5.70 Å². The molecule has 1 heterocycles. The van der Waals surface area contributed by atoms with Crippen LogP contribution >= 0.6 is 15.9 Å². The number of ether oxygens (including phenoxy) is 2. The van der Waals surface area contributed by atoms with Crippen LogP contribution < -0.4 is 20.1 Å². The van der Waals surface area contributed by atoms with E-state index in [0.29, 0.717) is 22.6 Å². The lowest BCUT2D eigenvalue weighted by molar-refractivity contribution is -0.117. The maximum absolute atomic E-state index is 12.5. The summed E-state index contributed by atoms with van der Waals surface area (Å²) in [5.41, 5.74) is 1.10. The third-order valence-electron chi connectivity index (χ3n) is 3.68. The Morgan fingerprint density at radius 3 is 2.74 bits per heavy atom. The number of benzene rings is 2. The van der Waals surface area contributed by atoms with Crippen molar-refractivity contribution in [2.75, 3.05) is 19.9 Å². The van der Waals surface area contributed by atoms with Gasteiger partial charge in [0.25, 0.3) is 11.8 Å². The Kier molecular flexibility index (Phi) is 6.10. The number of hydrogen-bond acceptors (Lipinski definition) is 5. The van der Waals surface area contributed by atoms with E-state index in [-0.39, 0.29) is 25.6 Å². The van der Waals surface area contributed by atoms with Crippen LogP contribution in [0.4, 0.5) is 0 Å². The number of fused-ring (bicyclic) bond motifs is 1. The first-order valence-electron chi connectivity index (χ1n) is 8.14. The lowest BCUT2D eigenvalue weighted by Gasteiger charge is -2.11. The topological polar surface area (TPSA) is 96.9 Å². The first kappa shape index (κ1) is 18.9. The fourth-order valence-electron chi connectivity index (χ4n) is 2.42. The molecule has 0 aliphatic carbocycles. The second-order valence-electron chi connectivity index (χ2n) is 5.61. The van der Waals surface area contributed by atoms with Crippen molar-refractivity contribution in [2.24, 2.45) is 0 Å². The Hall–Kier alpha value is -2.84. The summed E-state index contributed by atoms with van der Waals surface area (Å²) in [5, 5.41) is 14.1. The number of aliphatic hydroxyl groups excluding tert-OH is 1. The Morgan fingerprint density at radius 1 is 1.15 bits per heavy atom. The maximum Gasteiger partial charge on any atom is 0.267 e. The number of carbonyl (C=O) groups excluding carboxylic acids is 2. The highest BCUT2D eigenvalue weighted by Gasteiger charge is 2.17. The minimum atomic E-state index is -0.509. The molecule has 7 nitrogen and oxygen atoms in total. The Balaban J connectivity index is 1.86. The number of amides is 2. The fourth-order valence-corrected chi connectivity index (χ4v) is 2.82. The molecular formula is C19H17BrN2O5. The molecule has 8 heteroatoms. The standard InChI is InChI=1S/C19H17BrN2O5/c20-14-3-1-2-13(10-14)18(24)22-15(19(25)21-6-7-23)8-12-4-5-16-17(9-12)27-11-26-16/h1-5,8-10,23H,6-7,11H2,(H,21,25)(H,22,24). The molecule has 0 fully saturated rings. The van der Waals surface area contributed by atoms with Gasteiger partial charge in [-0.25, -0.2) is 0 Å². The summed E-state index contributed by atoms with van der Waals surface area (Å²) in [6, 6.07) is 12.0. The largest absolute Gasteiger partial charge is 0.454 e. The van der Waals surface area contributed by atoms with E-state index in [0.717, 1.165) is 4.47 Å². The fraction of sp³-hybridized carbons (Fsp3) is 0.158. The van der Waals surface area contributed by atoms with E-state index in [1.165, 1.54) is 6.08 Å². The molecule has 2 aromatic carbocycles. The molecule has 1 aliphatic rings. The van der Waals surface area contributed by atoms with Crippen LogP contribution in [0.25, 0.3) is 6.08 Å². The molecule has 1 aliphatic heterocycles. The van der Waals surface area contributed by atoms with Crippen molar-refractivity contribution in [1.29, 1.82) is 0 Å². The van der Waals surface area contributed by atoms with E-state index in [1.807, 2.05) is 0 Å². The second kappa shape index (κ2) is 8.70. The zero-order valence-electron chi connectivity index (χ0n) is 14.2. The summed E-state index contributed by atoms with van der Waals surface area (Å²) in [6.45, 7) is 0.0126. The summed E-state index contributed by atoms with van der Waals surface area (Å²) in [4.78, 5) is 24.9. The Morgan fingerprint density at radius 2 is 1.96 bits per heavy atom. The Bertz CT molecular complexity index is 897. The van der Waals surface area contributed by atoms with Crippen molar-refractivity contribution in [2.45, 2.75) is 0 Å². The molecule has 0 unspecified atom stereocenters. The van der Waals surface area contributed by atoms with Crippen molar-refractivity contribution in [3.8, 4) is 11.5 Å². The predicted octanol–water partition coefficient (Wildman–Crippen LogP) is 2.06. The summed E-state index contributed by atoms with van der Waals surface area (Å²) in [5.74, 6) is 0.251. The number of aliphatic hydroxyl groups is 1. The predicted molar refractivity (Wildman–Crippen MR) is 102 cm³/mol. The molecule has 0 aromatic heterocycles. The van der Waals surface area contributed by atoms with Gasteiger partial charge in [0, 0.05) is 16.6 Å². The van der Waals surface area contributed by atoms with Crippen LogP contribution in [-0.4, -0.2) is 36.9 Å². The average molecular weight is 433 g/mol. The van der Waals surface area contributed by atoms with Crippen LogP contribution in [0.5, 0.6) is 11.5 Å². The summed E-state index contributed by atoms with van der Waals surface area (Å²) in [6.07, 6.45) is 1.53. The number of rotatable bonds is 6. The smallest absolute Gasteiger partial charge is 0.267 e. The van der Waals surface area contributed by atoms with E-state index < -0.39 is 11.8 Å². The molecule has 0 bridgehead atoms. The van der Waals surface area contributed by atoms with Crippen molar-refractivity contribution in [1.82, 2.24) is 10.6 Å². The third kappa shape index (κ3) is 4.87. The first-order valence-corrected chi connectivity index (χ1v) is 8.93. The summed E-state index contributed by atoms with van der Waals surface area (Å²) in [7, 11) is 0. The number of carbonyl (C=O) groups is 2. The zero-order chi connectivity index (χ0) is 19.2. The normalized spacial score (nSPS) is 12.6. The highest BCUT2D eigenvalue weighted by molar-refractivity contribution is 9.10. The Labute approximate surface area is 164 Å².